The molecule has 1 aliphatic rings. The summed E-state index contributed by atoms with van der Waals surface area (Å²) in [6, 6.07) is 5.64. The van der Waals surface area contributed by atoms with Gasteiger partial charge < -0.3 is 9.63 Å². The van der Waals surface area contributed by atoms with Gasteiger partial charge in [0.25, 0.3) is 0 Å². The predicted octanol–water partition coefficient (Wildman–Crippen LogP) is 3.62. The molecule has 1 saturated carbocycles. The van der Waals surface area contributed by atoms with Crippen molar-refractivity contribution in [2.45, 2.75) is 44.9 Å². The van der Waals surface area contributed by atoms with E-state index in [0.717, 1.165) is 11.1 Å². The largest absolute Gasteiger partial charge is 0.508 e. The van der Waals surface area contributed by atoms with Crippen LogP contribution in [-0.4, -0.2) is 15.2 Å². The fraction of sp³-hybridized carbons (Fsp3) is 0.467. The van der Waals surface area contributed by atoms with E-state index in [4.69, 9.17) is 4.52 Å². The van der Waals surface area contributed by atoms with E-state index in [1.54, 1.807) is 6.07 Å². The molecule has 1 aromatic carbocycles. The first-order valence-electron chi connectivity index (χ1n) is 6.62. The van der Waals surface area contributed by atoms with Crippen molar-refractivity contribution in [1.29, 1.82) is 0 Å². The van der Waals surface area contributed by atoms with Crippen LogP contribution in [0.25, 0.3) is 11.4 Å². The molecule has 0 radical (unpaired) electrons. The van der Waals surface area contributed by atoms with Gasteiger partial charge >= 0.3 is 0 Å². The highest BCUT2D eigenvalue weighted by Gasteiger charge is 2.27. The average molecular weight is 258 g/mol. The van der Waals surface area contributed by atoms with Crippen LogP contribution >= 0.6 is 0 Å². The van der Waals surface area contributed by atoms with Crippen molar-refractivity contribution in [2.24, 2.45) is 0 Å². The van der Waals surface area contributed by atoms with Crippen LogP contribution in [0.4, 0.5) is 0 Å². The molecule has 19 heavy (non-hydrogen) atoms. The molecule has 0 spiro atoms. The number of rotatable bonds is 2. The third-order valence-electron chi connectivity index (χ3n) is 3.37. The molecule has 0 unspecified atom stereocenters. The van der Waals surface area contributed by atoms with Gasteiger partial charge in [-0.05, 0) is 30.4 Å². The fourth-order valence-corrected chi connectivity index (χ4v) is 2.07. The molecule has 100 valence electrons. The highest BCUT2D eigenvalue weighted by molar-refractivity contribution is 5.59. The second-order valence-electron chi connectivity index (χ2n) is 6.22. The Morgan fingerprint density at radius 1 is 1.26 bits per heavy atom. The first-order valence-corrected chi connectivity index (χ1v) is 6.62. The molecule has 0 amide bonds. The summed E-state index contributed by atoms with van der Waals surface area (Å²) < 4.78 is 5.27. The van der Waals surface area contributed by atoms with Crippen molar-refractivity contribution in [1.82, 2.24) is 10.1 Å². The van der Waals surface area contributed by atoms with Gasteiger partial charge in [0.05, 0.1) is 0 Å². The van der Waals surface area contributed by atoms with Crippen LogP contribution in [-0.2, 0) is 5.41 Å². The summed E-state index contributed by atoms with van der Waals surface area (Å²) in [6.45, 7) is 6.08. The van der Waals surface area contributed by atoms with Gasteiger partial charge in [0.15, 0.2) is 0 Å². The third-order valence-corrected chi connectivity index (χ3v) is 3.37. The van der Waals surface area contributed by atoms with E-state index in [2.05, 4.69) is 10.1 Å². The van der Waals surface area contributed by atoms with E-state index >= 15 is 0 Å². The minimum Gasteiger partial charge on any atom is -0.508 e. The predicted molar refractivity (Wildman–Crippen MR) is 72.1 cm³/mol. The molecule has 4 heteroatoms. The van der Waals surface area contributed by atoms with E-state index in [-0.39, 0.29) is 5.41 Å². The molecule has 0 atom stereocenters. The summed E-state index contributed by atoms with van der Waals surface area (Å²) in [4.78, 5) is 4.39. The zero-order valence-electron chi connectivity index (χ0n) is 11.5. The molecule has 1 aliphatic carbocycles. The highest BCUT2D eigenvalue weighted by atomic mass is 16.5. The average Bonchev–Trinajstić information content (AvgIpc) is 3.03. The van der Waals surface area contributed by atoms with Crippen LogP contribution in [0.5, 0.6) is 5.75 Å². The molecule has 0 bridgehead atoms. The van der Waals surface area contributed by atoms with Crippen molar-refractivity contribution in [3.63, 3.8) is 0 Å². The number of aromatic nitrogens is 2. The Kier molecular flexibility index (Phi) is 2.62. The zero-order chi connectivity index (χ0) is 13.6. The van der Waals surface area contributed by atoms with Gasteiger partial charge in [-0.2, -0.15) is 4.98 Å². The number of phenols is 1. The lowest BCUT2D eigenvalue weighted by Gasteiger charge is -2.10. The SMILES string of the molecule is CC(C)(C)c1nc(-c2ccc(C3CC3)c(O)c2)no1. The Balaban J connectivity index is 1.93. The van der Waals surface area contributed by atoms with Gasteiger partial charge in [-0.1, -0.05) is 38.1 Å². The van der Waals surface area contributed by atoms with Crippen LogP contribution in [0.2, 0.25) is 0 Å². The summed E-state index contributed by atoms with van der Waals surface area (Å²) in [5, 5.41) is 14.0. The summed E-state index contributed by atoms with van der Waals surface area (Å²) in [5.41, 5.74) is 1.66. The van der Waals surface area contributed by atoms with E-state index in [9.17, 15) is 5.11 Å². The highest BCUT2D eigenvalue weighted by Crippen LogP contribution is 2.44. The van der Waals surface area contributed by atoms with Gasteiger partial charge in [-0.25, -0.2) is 0 Å². The van der Waals surface area contributed by atoms with E-state index in [0.29, 0.717) is 23.4 Å². The van der Waals surface area contributed by atoms with Crippen LogP contribution in [0, 0.1) is 0 Å². The molecule has 2 aromatic rings. The number of hydrogen-bond acceptors (Lipinski definition) is 4. The van der Waals surface area contributed by atoms with Crippen LogP contribution in [0.1, 0.15) is 51.0 Å². The number of benzene rings is 1. The maximum Gasteiger partial charge on any atom is 0.232 e. The van der Waals surface area contributed by atoms with Crippen molar-refractivity contribution in [3.8, 4) is 17.1 Å². The minimum atomic E-state index is -0.165. The molecule has 1 N–H and O–H groups in total. The van der Waals surface area contributed by atoms with Crippen LogP contribution in [0.3, 0.4) is 0 Å². The maximum absolute atomic E-state index is 10.0. The Labute approximate surface area is 112 Å². The molecule has 4 nitrogen and oxygen atoms in total. The van der Waals surface area contributed by atoms with Crippen molar-refractivity contribution < 1.29 is 9.63 Å². The van der Waals surface area contributed by atoms with Gasteiger partial charge in [-0.15, -0.1) is 0 Å². The topological polar surface area (TPSA) is 59.2 Å². The van der Waals surface area contributed by atoms with Crippen molar-refractivity contribution in [2.75, 3.05) is 0 Å². The van der Waals surface area contributed by atoms with Crippen molar-refractivity contribution in [3.05, 3.63) is 29.7 Å². The molecule has 1 fully saturated rings. The third kappa shape index (κ3) is 2.35. The Morgan fingerprint density at radius 2 is 2.00 bits per heavy atom. The van der Waals surface area contributed by atoms with E-state index < -0.39 is 0 Å². The molecule has 1 aromatic heterocycles. The van der Waals surface area contributed by atoms with Gasteiger partial charge in [0.1, 0.15) is 5.75 Å². The number of phenolic OH excluding ortho intramolecular Hbond substituents is 1. The maximum atomic E-state index is 10.0. The Hall–Kier alpha value is -1.84. The van der Waals surface area contributed by atoms with Gasteiger partial charge in [-0.3, -0.25) is 0 Å². The van der Waals surface area contributed by atoms with E-state index in [1.807, 2.05) is 32.9 Å². The van der Waals surface area contributed by atoms with E-state index in [1.165, 1.54) is 12.8 Å². The molecular weight excluding hydrogens is 240 g/mol. The van der Waals surface area contributed by atoms with Gasteiger partial charge in [0, 0.05) is 11.0 Å². The fourth-order valence-electron chi connectivity index (χ4n) is 2.07. The molecule has 1 heterocycles. The standard InChI is InChI=1S/C15H18N2O2/c1-15(2,3)14-16-13(17-19-14)10-6-7-11(9-4-5-9)12(18)8-10/h6-9,18H,4-5H2,1-3H3. The lowest BCUT2D eigenvalue weighted by molar-refractivity contribution is 0.321. The smallest absolute Gasteiger partial charge is 0.232 e. The summed E-state index contributed by atoms with van der Waals surface area (Å²) in [6.07, 6.45) is 2.34. The number of hydrogen-bond donors (Lipinski definition) is 1. The first-order chi connectivity index (χ1) is 8.95. The Bertz CT molecular complexity index is 607. The molecule has 0 saturated heterocycles. The second kappa shape index (κ2) is 4.08. The first kappa shape index (κ1) is 12.2. The van der Waals surface area contributed by atoms with Crippen LogP contribution < -0.4 is 0 Å². The minimum absolute atomic E-state index is 0.165. The second-order valence-corrected chi connectivity index (χ2v) is 6.22. The molecule has 0 aliphatic heterocycles. The normalized spacial score (nSPS) is 15.7. The summed E-state index contributed by atoms with van der Waals surface area (Å²) in [7, 11) is 0. The number of aromatic hydroxyl groups is 1. The quantitative estimate of drug-likeness (QED) is 0.893. The van der Waals surface area contributed by atoms with Crippen molar-refractivity contribution >= 4 is 0 Å². The summed E-state index contributed by atoms with van der Waals surface area (Å²) >= 11 is 0. The van der Waals surface area contributed by atoms with Crippen LogP contribution in [0.15, 0.2) is 22.7 Å². The lowest BCUT2D eigenvalue weighted by atomic mass is 9.97. The molecular formula is C15H18N2O2. The Morgan fingerprint density at radius 3 is 2.53 bits per heavy atom. The van der Waals surface area contributed by atoms with Gasteiger partial charge in [0.2, 0.25) is 11.7 Å². The summed E-state index contributed by atoms with van der Waals surface area (Å²) in [5.74, 6) is 2.00. The zero-order valence-corrected chi connectivity index (χ0v) is 11.5. The molecule has 3 rings (SSSR count). The lowest BCUT2D eigenvalue weighted by Crippen LogP contribution is -2.11. The monoisotopic (exact) mass is 258 g/mol. The number of nitrogens with zero attached hydrogens (tertiary/aromatic N) is 2.